The predicted molar refractivity (Wildman–Crippen MR) is 124 cm³/mol. The number of aliphatic hydroxyl groups excluding tert-OH is 1. The van der Waals surface area contributed by atoms with Gasteiger partial charge in [-0.2, -0.15) is 4.76 Å². The van der Waals surface area contributed by atoms with Gasteiger partial charge in [-0.25, -0.2) is 8.42 Å². The first-order valence-electron chi connectivity index (χ1n) is 9.80. The Bertz CT molecular complexity index is 1180. The molecule has 0 aromatic heterocycles. The zero-order valence-corrected chi connectivity index (χ0v) is 19.6. The third-order valence-electron chi connectivity index (χ3n) is 5.10. The van der Waals surface area contributed by atoms with Crippen LogP contribution in [0.1, 0.15) is 33.6 Å². The number of carbonyl (C=O) groups is 1. The largest absolute Gasteiger partial charge is 0.509 e. The minimum absolute atomic E-state index is 0.0982. The number of rotatable bonds is 6. The minimum atomic E-state index is -4.37. The van der Waals surface area contributed by atoms with E-state index in [1.54, 1.807) is 0 Å². The van der Waals surface area contributed by atoms with E-state index in [1.165, 1.54) is 23.1 Å². The quantitative estimate of drug-likeness (QED) is 0.180. The van der Waals surface area contributed by atoms with Crippen LogP contribution in [-0.2, 0) is 20.2 Å². The van der Waals surface area contributed by atoms with Gasteiger partial charge < -0.3 is 20.2 Å². The van der Waals surface area contributed by atoms with E-state index in [0.29, 0.717) is 19.4 Å². The molecule has 2 atom stereocenters. The Labute approximate surface area is 188 Å². The standard InChI is InChI=1S/C20H25N4O6PS/c1-5-6-7-10-24-17(20(2,3)4)16(25)15(19(24)26)18-21-13-9-8-12(23-32(29)30)11-14(13)31(27,28)22-18/h1,8-9,11,17,25,32H,6-7,10H2,2-4H3,(H,23,29,30)(H2,21,22,27,28). The molecular weight excluding hydrogens is 455 g/mol. The number of unbranched alkanes of at least 4 members (excludes halogenated alkanes) is 1. The molecule has 0 spiro atoms. The first kappa shape index (κ1) is 23.9. The van der Waals surface area contributed by atoms with E-state index in [-0.39, 0.29) is 33.8 Å². The number of hydrogen-bond acceptors (Lipinski definition) is 6. The number of amides is 1. The lowest BCUT2D eigenvalue weighted by atomic mass is 9.85. The number of benzene rings is 1. The van der Waals surface area contributed by atoms with E-state index in [1.807, 2.05) is 20.8 Å². The maximum Gasteiger partial charge on any atom is 0.346 e. The Kier molecular flexibility index (Phi) is 6.43. The fraction of sp³-hybridized carbons (Fsp3) is 0.400. The smallest absolute Gasteiger partial charge is 0.346 e. The van der Waals surface area contributed by atoms with Gasteiger partial charge in [-0.1, -0.05) is 20.8 Å². The van der Waals surface area contributed by atoms with Crippen LogP contribution in [0.5, 0.6) is 0 Å². The highest BCUT2D eigenvalue weighted by Gasteiger charge is 2.48. The molecule has 2 heterocycles. The second kappa shape index (κ2) is 8.62. The molecule has 0 radical (unpaired) electrons. The van der Waals surface area contributed by atoms with Crippen LogP contribution < -0.4 is 15.3 Å². The lowest BCUT2D eigenvalue weighted by Gasteiger charge is -2.35. The molecule has 12 heteroatoms. The summed E-state index contributed by atoms with van der Waals surface area (Å²) in [6.45, 7) is 5.92. The van der Waals surface area contributed by atoms with Crippen LogP contribution in [0.3, 0.4) is 0 Å². The molecule has 0 aliphatic carbocycles. The number of terminal acetylenes is 1. The van der Waals surface area contributed by atoms with Gasteiger partial charge in [0.05, 0.1) is 17.0 Å². The van der Waals surface area contributed by atoms with E-state index in [2.05, 4.69) is 20.7 Å². The Morgan fingerprint density at radius 2 is 2.06 bits per heavy atom. The van der Waals surface area contributed by atoms with Crippen molar-refractivity contribution in [3.05, 3.63) is 29.5 Å². The van der Waals surface area contributed by atoms with Crippen molar-refractivity contribution >= 4 is 46.8 Å². The summed E-state index contributed by atoms with van der Waals surface area (Å²) in [5.41, 5.74) is -0.418. The number of thiol groups is 1. The zero-order chi connectivity index (χ0) is 23.8. The van der Waals surface area contributed by atoms with Crippen molar-refractivity contribution in [3.63, 3.8) is 0 Å². The maximum absolute atomic E-state index is 13.3. The molecule has 0 bridgehead atoms. The Morgan fingerprint density at radius 3 is 2.66 bits per heavy atom. The van der Waals surface area contributed by atoms with Gasteiger partial charge in [-0.3, -0.25) is 14.1 Å². The van der Waals surface area contributed by atoms with Gasteiger partial charge in [-0.15, -0.1) is 12.3 Å². The summed E-state index contributed by atoms with van der Waals surface area (Å²) < 4.78 is 40.7. The van der Waals surface area contributed by atoms with Gasteiger partial charge in [0.2, 0.25) is 10.9 Å². The fourth-order valence-electron chi connectivity index (χ4n) is 3.84. The Morgan fingerprint density at radius 1 is 1.38 bits per heavy atom. The van der Waals surface area contributed by atoms with Crippen molar-refractivity contribution in [2.45, 2.75) is 39.7 Å². The molecular formula is C20H25N4O6PS. The van der Waals surface area contributed by atoms with Crippen molar-refractivity contribution in [2.24, 2.45) is 10.2 Å². The SMILES string of the molecule is C#CCCCN1C(=O)C(C2=NP(=O)(O)c3cc(N[SH](=O)=O)ccc3N2)=C(O)C1C(C)(C)C. The average molecular weight is 480 g/mol. The van der Waals surface area contributed by atoms with Crippen LogP contribution in [0.4, 0.5) is 11.4 Å². The molecule has 2 aliphatic rings. The molecule has 1 amide bonds. The lowest BCUT2D eigenvalue weighted by Crippen LogP contribution is -2.44. The van der Waals surface area contributed by atoms with E-state index in [9.17, 15) is 27.8 Å². The summed E-state index contributed by atoms with van der Waals surface area (Å²) in [6, 6.07) is 3.33. The van der Waals surface area contributed by atoms with E-state index in [4.69, 9.17) is 6.42 Å². The number of nitrogens with zero attached hydrogens (tertiary/aromatic N) is 2. The van der Waals surface area contributed by atoms with Crippen LogP contribution in [0.2, 0.25) is 0 Å². The second-order valence-corrected chi connectivity index (χ2v) is 11.1. The van der Waals surface area contributed by atoms with Crippen molar-refractivity contribution < 1.29 is 27.8 Å². The highest BCUT2D eigenvalue weighted by Crippen LogP contribution is 2.48. The highest BCUT2D eigenvalue weighted by atomic mass is 32.2. The third kappa shape index (κ3) is 4.53. The van der Waals surface area contributed by atoms with Gasteiger partial charge in [-0.05, 0) is 30.0 Å². The zero-order valence-electron chi connectivity index (χ0n) is 17.8. The third-order valence-corrected chi connectivity index (χ3v) is 7.01. The van der Waals surface area contributed by atoms with Crippen molar-refractivity contribution in [3.8, 4) is 12.3 Å². The van der Waals surface area contributed by atoms with Crippen molar-refractivity contribution in [2.75, 3.05) is 16.6 Å². The normalized spacial score (nSPS) is 23.0. The number of aliphatic hydroxyl groups is 1. The first-order chi connectivity index (χ1) is 14.9. The van der Waals surface area contributed by atoms with Crippen molar-refractivity contribution in [1.29, 1.82) is 0 Å². The topological polar surface area (TPSA) is 148 Å². The van der Waals surface area contributed by atoms with E-state index in [0.717, 1.165) is 0 Å². The summed E-state index contributed by atoms with van der Waals surface area (Å²) in [4.78, 5) is 25.3. The Balaban J connectivity index is 2.03. The number of hydrogen-bond donors (Lipinski definition) is 5. The Hall–Kier alpha value is -2.80. The molecule has 1 aromatic rings. The molecule has 0 saturated heterocycles. The van der Waals surface area contributed by atoms with Crippen LogP contribution in [0.25, 0.3) is 0 Å². The number of amidine groups is 1. The number of nitrogens with one attached hydrogen (secondary N) is 2. The van der Waals surface area contributed by atoms with Gasteiger partial charge >= 0.3 is 7.52 Å². The number of anilines is 2. The van der Waals surface area contributed by atoms with Gasteiger partial charge in [0, 0.05) is 18.7 Å². The van der Waals surface area contributed by atoms with Gasteiger partial charge in [0.25, 0.3) is 5.91 Å². The molecule has 0 saturated carbocycles. The molecule has 172 valence electrons. The average Bonchev–Trinajstić information content (AvgIpc) is 2.91. The van der Waals surface area contributed by atoms with Gasteiger partial charge in [0.1, 0.15) is 11.3 Å². The lowest BCUT2D eigenvalue weighted by molar-refractivity contribution is -0.128. The summed E-state index contributed by atoms with van der Waals surface area (Å²) in [6.07, 6.45) is 6.31. The van der Waals surface area contributed by atoms with Crippen molar-refractivity contribution in [1.82, 2.24) is 4.90 Å². The molecule has 1 aromatic carbocycles. The second-order valence-electron chi connectivity index (χ2n) is 8.55. The summed E-state index contributed by atoms with van der Waals surface area (Å²) in [7, 11) is -7.33. The number of carbonyl (C=O) groups excluding carboxylic acids is 1. The van der Waals surface area contributed by atoms with Crippen LogP contribution in [-0.4, -0.2) is 47.6 Å². The predicted octanol–water partition coefficient (Wildman–Crippen LogP) is 1.74. The summed E-state index contributed by atoms with van der Waals surface area (Å²) >= 11 is 0. The molecule has 2 unspecified atom stereocenters. The summed E-state index contributed by atoms with van der Waals surface area (Å²) in [5.74, 6) is 1.55. The molecule has 4 N–H and O–H groups in total. The van der Waals surface area contributed by atoms with Crippen LogP contribution in [0.15, 0.2) is 34.3 Å². The van der Waals surface area contributed by atoms with Gasteiger partial charge in [0.15, 0.2) is 5.84 Å². The molecule has 3 rings (SSSR count). The van der Waals surface area contributed by atoms with E-state index < -0.39 is 35.8 Å². The highest BCUT2D eigenvalue weighted by molar-refractivity contribution is 7.73. The fourth-order valence-corrected chi connectivity index (χ4v) is 5.48. The molecule has 32 heavy (non-hydrogen) atoms. The maximum atomic E-state index is 13.3. The van der Waals surface area contributed by atoms with Crippen LogP contribution >= 0.6 is 7.52 Å². The molecule has 0 fully saturated rings. The van der Waals surface area contributed by atoms with Crippen LogP contribution in [0, 0.1) is 17.8 Å². The molecule has 2 aliphatic heterocycles. The number of fused-ring (bicyclic) bond motifs is 1. The summed E-state index contributed by atoms with van der Waals surface area (Å²) in [5, 5.41) is 13.7. The first-order valence-corrected chi connectivity index (χ1v) is 12.6. The molecule has 10 nitrogen and oxygen atoms in total. The van der Waals surface area contributed by atoms with E-state index >= 15 is 0 Å². The monoisotopic (exact) mass is 480 g/mol. The minimum Gasteiger partial charge on any atom is -0.509 e.